The number of aryl methyl sites for hydroxylation is 2. The fourth-order valence-corrected chi connectivity index (χ4v) is 4.74. The lowest BCUT2D eigenvalue weighted by atomic mass is 10.2. The molecule has 0 radical (unpaired) electrons. The van der Waals surface area contributed by atoms with Gasteiger partial charge in [0.05, 0.1) is 30.3 Å². The molecule has 0 spiro atoms. The first-order chi connectivity index (χ1) is 20.8. The maximum absolute atomic E-state index is 14.0. The minimum absolute atomic E-state index is 0.0609. The summed E-state index contributed by atoms with van der Waals surface area (Å²) < 4.78 is 96.7. The molecule has 0 aliphatic heterocycles. The molecular weight excluding hydrogens is 639 g/mol. The first-order valence-electron chi connectivity index (χ1n) is 12.5. The van der Waals surface area contributed by atoms with Crippen LogP contribution in [0.3, 0.4) is 0 Å². The summed E-state index contributed by atoms with van der Waals surface area (Å²) in [6.07, 6.45) is -5.85. The molecule has 0 N–H and O–H groups in total. The molecule has 9 nitrogen and oxygen atoms in total. The molecular formula is C27H15Cl2F6N7O2. The quantitative estimate of drug-likeness (QED) is 0.127. The van der Waals surface area contributed by atoms with Gasteiger partial charge in [-0.2, -0.15) is 36.5 Å². The third-order valence-corrected chi connectivity index (χ3v) is 6.63. The average Bonchev–Trinajstić information content (AvgIpc) is 3.50. The molecule has 1 aromatic carbocycles. The third kappa shape index (κ3) is 6.05. The van der Waals surface area contributed by atoms with E-state index in [-0.39, 0.29) is 62.8 Å². The first kappa shape index (κ1) is 29.4. The van der Waals surface area contributed by atoms with Gasteiger partial charge in [-0.25, -0.2) is 15.0 Å². The molecule has 5 aromatic heterocycles. The lowest BCUT2D eigenvalue weighted by Gasteiger charge is -2.08. The number of rotatable bonds is 7. The van der Waals surface area contributed by atoms with Crippen LogP contribution in [0.1, 0.15) is 11.4 Å². The monoisotopic (exact) mass is 653 g/mol. The smallest absolute Gasteiger partial charge is 0.437 e. The topological polar surface area (TPSA) is 92.8 Å². The molecule has 0 saturated carbocycles. The van der Waals surface area contributed by atoms with Crippen LogP contribution in [0.25, 0.3) is 21.9 Å². The lowest BCUT2D eigenvalue weighted by molar-refractivity contribution is -0.141. The predicted octanol–water partition coefficient (Wildman–Crippen LogP) is 8.20. The number of alkyl halides is 6. The zero-order valence-electron chi connectivity index (χ0n) is 21.7. The second-order valence-electron chi connectivity index (χ2n) is 9.19. The molecule has 0 atom stereocenters. The van der Waals surface area contributed by atoms with Crippen molar-refractivity contribution >= 4 is 45.1 Å². The number of ether oxygens (including phenoxy) is 2. The van der Waals surface area contributed by atoms with E-state index in [0.29, 0.717) is 0 Å². The maximum atomic E-state index is 14.0. The molecule has 17 heteroatoms. The van der Waals surface area contributed by atoms with Gasteiger partial charge in [-0.05, 0) is 30.3 Å². The van der Waals surface area contributed by atoms with Gasteiger partial charge in [0, 0.05) is 36.0 Å². The highest BCUT2D eigenvalue weighted by Gasteiger charge is 2.39. The number of nitrogens with zero attached hydrogens (tertiary/aromatic N) is 7. The largest absolute Gasteiger partial charge is 0.457 e. The molecule has 6 aromatic rings. The lowest BCUT2D eigenvalue weighted by Crippen LogP contribution is -2.13. The summed E-state index contributed by atoms with van der Waals surface area (Å²) in [5.41, 5.74) is -2.90. The molecule has 0 saturated heterocycles. The van der Waals surface area contributed by atoms with Gasteiger partial charge >= 0.3 is 12.4 Å². The molecule has 0 aliphatic rings. The van der Waals surface area contributed by atoms with E-state index < -0.39 is 29.3 Å². The zero-order chi connectivity index (χ0) is 31.2. The van der Waals surface area contributed by atoms with Crippen LogP contribution in [0.2, 0.25) is 10.3 Å². The van der Waals surface area contributed by atoms with E-state index in [1.54, 1.807) is 0 Å². The summed E-state index contributed by atoms with van der Waals surface area (Å²) in [4.78, 5) is 11.6. The highest BCUT2D eigenvalue weighted by molar-refractivity contribution is 6.29. The molecule has 6 rings (SSSR count). The highest BCUT2D eigenvalue weighted by atomic mass is 35.5. The number of halogens is 8. The van der Waals surface area contributed by atoms with Crippen molar-refractivity contribution in [2.75, 3.05) is 0 Å². The van der Waals surface area contributed by atoms with E-state index in [1.165, 1.54) is 60.9 Å². The molecule has 0 fully saturated rings. The molecule has 0 aliphatic carbocycles. The van der Waals surface area contributed by atoms with Crippen LogP contribution < -0.4 is 9.47 Å². The van der Waals surface area contributed by atoms with Crippen molar-refractivity contribution in [3.05, 3.63) is 88.8 Å². The van der Waals surface area contributed by atoms with Crippen molar-refractivity contribution in [1.29, 1.82) is 0 Å². The van der Waals surface area contributed by atoms with Crippen molar-refractivity contribution in [2.24, 2.45) is 0 Å². The normalized spacial score (nSPS) is 12.3. The highest BCUT2D eigenvalue weighted by Crippen LogP contribution is 2.38. The van der Waals surface area contributed by atoms with Gasteiger partial charge < -0.3 is 9.47 Å². The average molecular weight is 654 g/mol. The first-order valence-corrected chi connectivity index (χ1v) is 13.2. The summed E-state index contributed by atoms with van der Waals surface area (Å²) in [7, 11) is 0. The standard InChI is InChI=1S/C27H15Cl2F6N7O2/c28-21-11-15(3-5-36-21)43-14-1-2-19-18(9-14)24(26(30,31)32)39-41(19)7-8-42-20-10-17(44-16-4-6-37-22(29)12-16)13-38-23(20)25(40-42)27(33,34)35/h1-6,9-13H,7-8H2. The van der Waals surface area contributed by atoms with Crippen LogP contribution in [0.15, 0.2) is 67.1 Å². The van der Waals surface area contributed by atoms with Crippen molar-refractivity contribution in [1.82, 2.24) is 34.5 Å². The summed E-state index contributed by atoms with van der Waals surface area (Å²) in [6, 6.07) is 11.0. The van der Waals surface area contributed by atoms with Crippen molar-refractivity contribution < 1.29 is 35.8 Å². The zero-order valence-corrected chi connectivity index (χ0v) is 23.2. The Kier molecular flexibility index (Phi) is 7.45. The Bertz CT molecular complexity index is 2010. The van der Waals surface area contributed by atoms with Crippen LogP contribution >= 0.6 is 23.2 Å². The van der Waals surface area contributed by atoms with Crippen molar-refractivity contribution in [3.8, 4) is 23.0 Å². The molecule has 44 heavy (non-hydrogen) atoms. The Morgan fingerprint density at radius 2 is 1.16 bits per heavy atom. The summed E-state index contributed by atoms with van der Waals surface area (Å²) >= 11 is 11.7. The predicted molar refractivity (Wildman–Crippen MR) is 146 cm³/mol. The second kappa shape index (κ2) is 11.1. The van der Waals surface area contributed by atoms with Crippen LogP contribution in [-0.2, 0) is 25.4 Å². The van der Waals surface area contributed by atoms with Crippen LogP contribution in [0.4, 0.5) is 26.3 Å². The summed E-state index contributed by atoms with van der Waals surface area (Å²) in [6.45, 7) is -0.563. The van der Waals surface area contributed by atoms with Crippen molar-refractivity contribution in [2.45, 2.75) is 25.4 Å². The van der Waals surface area contributed by atoms with Gasteiger partial charge in [0.1, 0.15) is 38.8 Å². The number of hydrogen-bond acceptors (Lipinski definition) is 7. The Balaban J connectivity index is 1.35. The minimum atomic E-state index is -4.85. The summed E-state index contributed by atoms with van der Waals surface area (Å²) in [5, 5.41) is 7.41. The Morgan fingerprint density at radius 3 is 1.75 bits per heavy atom. The Morgan fingerprint density at radius 1 is 0.614 bits per heavy atom. The molecule has 226 valence electrons. The van der Waals surface area contributed by atoms with Gasteiger partial charge in [-0.3, -0.25) is 9.36 Å². The minimum Gasteiger partial charge on any atom is -0.457 e. The second-order valence-corrected chi connectivity index (χ2v) is 9.96. The van der Waals surface area contributed by atoms with E-state index in [0.717, 1.165) is 15.6 Å². The van der Waals surface area contributed by atoms with Crippen LogP contribution in [0.5, 0.6) is 23.0 Å². The van der Waals surface area contributed by atoms with Crippen LogP contribution in [0, 0.1) is 0 Å². The Hall–Kier alpha value is -4.63. The van der Waals surface area contributed by atoms with Gasteiger partial charge in [0.2, 0.25) is 0 Å². The van der Waals surface area contributed by atoms with Gasteiger partial charge in [0.15, 0.2) is 11.4 Å². The van der Waals surface area contributed by atoms with E-state index in [4.69, 9.17) is 32.7 Å². The number of hydrogen-bond donors (Lipinski definition) is 0. The van der Waals surface area contributed by atoms with E-state index >= 15 is 0 Å². The number of fused-ring (bicyclic) bond motifs is 2. The summed E-state index contributed by atoms with van der Waals surface area (Å²) in [5.74, 6) is 0.653. The fraction of sp³-hybridized carbons (Fsp3) is 0.148. The number of pyridine rings is 3. The number of benzene rings is 1. The van der Waals surface area contributed by atoms with Crippen molar-refractivity contribution in [3.63, 3.8) is 0 Å². The molecule has 0 bridgehead atoms. The van der Waals surface area contributed by atoms with E-state index in [1.807, 2.05) is 0 Å². The van der Waals surface area contributed by atoms with Gasteiger partial charge in [-0.1, -0.05) is 23.2 Å². The van der Waals surface area contributed by atoms with Gasteiger partial charge in [0.25, 0.3) is 0 Å². The third-order valence-electron chi connectivity index (χ3n) is 6.22. The maximum Gasteiger partial charge on any atom is 0.437 e. The fourth-order valence-electron chi connectivity index (χ4n) is 4.41. The SMILES string of the molecule is FC(F)(F)c1nn(CCn2nc(C(F)(F)F)c3ncc(Oc4ccnc(Cl)c4)cc32)c2ccc(Oc3ccnc(Cl)c3)cc12. The van der Waals surface area contributed by atoms with E-state index in [9.17, 15) is 26.3 Å². The molecule has 0 unspecified atom stereocenters. The van der Waals surface area contributed by atoms with Crippen LogP contribution in [-0.4, -0.2) is 34.5 Å². The molecule has 0 amide bonds. The number of aromatic nitrogens is 7. The van der Waals surface area contributed by atoms with Gasteiger partial charge in [-0.15, -0.1) is 0 Å². The molecule has 5 heterocycles. The Labute approximate surface area is 252 Å². The van der Waals surface area contributed by atoms with E-state index in [2.05, 4.69) is 25.1 Å².